The number of alkyl halides is 3. The van der Waals surface area contributed by atoms with Gasteiger partial charge in [0.25, 0.3) is 0 Å². The highest BCUT2D eigenvalue weighted by Crippen LogP contribution is 2.36. The van der Waals surface area contributed by atoms with Gasteiger partial charge in [0.1, 0.15) is 11.9 Å². The van der Waals surface area contributed by atoms with Gasteiger partial charge < -0.3 is 14.7 Å². The van der Waals surface area contributed by atoms with E-state index in [9.17, 15) is 18.0 Å². The summed E-state index contributed by atoms with van der Waals surface area (Å²) in [5, 5.41) is 9.05. The maximum absolute atomic E-state index is 13.1. The molecule has 2 aromatic rings. The largest absolute Gasteiger partial charge is 0.488 e. The van der Waals surface area contributed by atoms with E-state index in [1.807, 2.05) is 24.3 Å². The fourth-order valence-corrected chi connectivity index (χ4v) is 3.25. The van der Waals surface area contributed by atoms with Gasteiger partial charge in [0.2, 0.25) is 5.91 Å². The van der Waals surface area contributed by atoms with E-state index in [0.717, 1.165) is 17.2 Å². The van der Waals surface area contributed by atoms with Crippen molar-refractivity contribution in [2.24, 2.45) is 0 Å². The second kappa shape index (κ2) is 8.65. The van der Waals surface area contributed by atoms with Gasteiger partial charge in [-0.25, -0.2) is 0 Å². The van der Waals surface area contributed by atoms with E-state index < -0.39 is 17.8 Å². The van der Waals surface area contributed by atoms with Crippen LogP contribution in [0, 0.1) is 0 Å². The van der Waals surface area contributed by atoms with Crippen molar-refractivity contribution in [2.45, 2.75) is 38.1 Å². The Balaban J connectivity index is 1.53. The topological polar surface area (TPSA) is 49.8 Å². The van der Waals surface area contributed by atoms with Crippen LogP contribution in [0.4, 0.5) is 13.2 Å². The maximum atomic E-state index is 13.1. The van der Waals surface area contributed by atoms with Crippen LogP contribution in [0.15, 0.2) is 48.5 Å². The third kappa shape index (κ3) is 5.04. The number of para-hydroxylation sites is 1. The van der Waals surface area contributed by atoms with Crippen molar-refractivity contribution in [2.75, 3.05) is 13.1 Å². The van der Waals surface area contributed by atoms with Crippen LogP contribution in [0.1, 0.15) is 29.5 Å². The molecule has 0 bridgehead atoms. The smallest absolute Gasteiger partial charge is 0.419 e. The van der Waals surface area contributed by atoms with E-state index in [-0.39, 0.29) is 24.8 Å². The summed E-state index contributed by atoms with van der Waals surface area (Å²) in [7, 11) is 0. The third-order valence-electron chi connectivity index (χ3n) is 4.82. The molecule has 0 unspecified atom stereocenters. The highest BCUT2D eigenvalue weighted by atomic mass is 19.4. The number of halogens is 3. The van der Waals surface area contributed by atoms with Crippen molar-refractivity contribution in [1.82, 2.24) is 4.90 Å². The number of ether oxygens (including phenoxy) is 1. The van der Waals surface area contributed by atoms with Crippen LogP contribution in [0.2, 0.25) is 0 Å². The lowest BCUT2D eigenvalue weighted by Crippen LogP contribution is -2.31. The lowest BCUT2D eigenvalue weighted by Gasteiger charge is -2.19. The van der Waals surface area contributed by atoms with Crippen LogP contribution in [-0.4, -0.2) is 35.1 Å². The van der Waals surface area contributed by atoms with Crippen molar-refractivity contribution in [3.8, 4) is 5.75 Å². The fraction of sp³-hybridized carbons (Fsp3) is 0.381. The number of hydrogen-bond donors (Lipinski definition) is 1. The highest BCUT2D eigenvalue weighted by molar-refractivity contribution is 5.76. The summed E-state index contributed by atoms with van der Waals surface area (Å²) in [6.45, 7) is 0.738. The lowest BCUT2D eigenvalue weighted by molar-refractivity contribution is -0.139. The Hall–Kier alpha value is -2.54. The number of benzene rings is 2. The molecule has 1 aliphatic heterocycles. The fourth-order valence-electron chi connectivity index (χ4n) is 3.25. The molecule has 150 valence electrons. The number of rotatable bonds is 6. The molecule has 7 heteroatoms. The molecular formula is C21H22F3NO3. The van der Waals surface area contributed by atoms with Gasteiger partial charge in [0.15, 0.2) is 0 Å². The summed E-state index contributed by atoms with van der Waals surface area (Å²) in [6.07, 6.45) is -3.52. The van der Waals surface area contributed by atoms with Gasteiger partial charge in [-0.05, 0) is 29.7 Å². The standard InChI is InChI=1S/C21H22F3NO3/c22-21(23,24)18-3-1-2-4-19(18)28-17-11-12-25(13-17)20(27)10-9-15-5-7-16(14-26)8-6-15/h1-8,17,26H,9-14H2/t17-/m0/s1. The summed E-state index contributed by atoms with van der Waals surface area (Å²) in [5.74, 6) is -0.236. The van der Waals surface area contributed by atoms with Crippen LogP contribution in [0.5, 0.6) is 5.75 Å². The van der Waals surface area contributed by atoms with Gasteiger partial charge in [-0.3, -0.25) is 4.79 Å². The molecule has 1 saturated heterocycles. The first kappa shape index (κ1) is 20.2. The summed E-state index contributed by atoms with van der Waals surface area (Å²) >= 11 is 0. The van der Waals surface area contributed by atoms with E-state index in [1.165, 1.54) is 18.2 Å². The van der Waals surface area contributed by atoms with Crippen molar-refractivity contribution in [3.05, 3.63) is 65.2 Å². The number of nitrogens with zero attached hydrogens (tertiary/aromatic N) is 1. The van der Waals surface area contributed by atoms with Crippen molar-refractivity contribution in [3.63, 3.8) is 0 Å². The van der Waals surface area contributed by atoms with Crippen LogP contribution in [0.3, 0.4) is 0 Å². The molecule has 2 aromatic carbocycles. The molecule has 1 aliphatic rings. The molecule has 1 N–H and O–H groups in total. The molecule has 0 spiro atoms. The summed E-state index contributed by atoms with van der Waals surface area (Å²) < 4.78 is 44.8. The van der Waals surface area contributed by atoms with Gasteiger partial charge in [0, 0.05) is 19.4 Å². The van der Waals surface area contributed by atoms with Crippen molar-refractivity contribution < 1.29 is 27.8 Å². The Morgan fingerprint density at radius 2 is 1.79 bits per heavy atom. The first-order chi connectivity index (χ1) is 13.4. The lowest BCUT2D eigenvalue weighted by atomic mass is 10.1. The van der Waals surface area contributed by atoms with Crippen LogP contribution < -0.4 is 4.74 Å². The predicted octanol–water partition coefficient (Wildman–Crippen LogP) is 3.81. The molecule has 1 amide bonds. The van der Waals surface area contributed by atoms with Gasteiger partial charge in [-0.2, -0.15) is 13.2 Å². The molecule has 0 saturated carbocycles. The number of carbonyl (C=O) groups excluding carboxylic acids is 1. The molecule has 0 aliphatic carbocycles. The minimum Gasteiger partial charge on any atom is -0.488 e. The Bertz CT molecular complexity index is 805. The van der Waals surface area contributed by atoms with E-state index in [0.29, 0.717) is 25.8 Å². The molecule has 1 atom stereocenters. The first-order valence-corrected chi connectivity index (χ1v) is 9.16. The van der Waals surface area contributed by atoms with Gasteiger partial charge in [-0.1, -0.05) is 36.4 Å². The van der Waals surface area contributed by atoms with Crippen LogP contribution in [-0.2, 0) is 24.0 Å². The number of carbonyl (C=O) groups is 1. The van der Waals surface area contributed by atoms with E-state index in [2.05, 4.69) is 0 Å². The minimum atomic E-state index is -4.48. The summed E-state index contributed by atoms with van der Waals surface area (Å²) in [4.78, 5) is 14.1. The van der Waals surface area contributed by atoms with Crippen molar-refractivity contribution >= 4 is 5.91 Å². The Morgan fingerprint density at radius 1 is 1.11 bits per heavy atom. The monoisotopic (exact) mass is 393 g/mol. The van der Waals surface area contributed by atoms with Crippen molar-refractivity contribution in [1.29, 1.82) is 0 Å². The molecule has 3 rings (SSSR count). The molecule has 0 radical (unpaired) electrons. The third-order valence-corrected chi connectivity index (χ3v) is 4.82. The Kier molecular flexibility index (Phi) is 6.24. The van der Waals surface area contributed by atoms with E-state index in [1.54, 1.807) is 4.90 Å². The molecule has 1 heterocycles. The van der Waals surface area contributed by atoms with Gasteiger partial charge >= 0.3 is 6.18 Å². The average Bonchev–Trinajstić information content (AvgIpc) is 3.14. The SMILES string of the molecule is O=C(CCc1ccc(CO)cc1)N1CC[C@H](Oc2ccccc2C(F)(F)F)C1. The molecule has 1 fully saturated rings. The number of hydrogen-bond acceptors (Lipinski definition) is 3. The number of amides is 1. The van der Waals surface area contributed by atoms with E-state index >= 15 is 0 Å². The minimum absolute atomic E-state index is 0.0220. The van der Waals surface area contributed by atoms with E-state index in [4.69, 9.17) is 9.84 Å². The average molecular weight is 393 g/mol. The number of aliphatic hydroxyl groups excluding tert-OH is 1. The predicted molar refractivity (Wildman–Crippen MR) is 97.7 cm³/mol. The van der Waals surface area contributed by atoms with Crippen LogP contribution >= 0.6 is 0 Å². The molecule has 0 aromatic heterocycles. The number of aliphatic hydroxyl groups is 1. The molecule has 28 heavy (non-hydrogen) atoms. The van der Waals surface area contributed by atoms with Gasteiger partial charge in [-0.15, -0.1) is 0 Å². The number of aryl methyl sites for hydroxylation is 1. The maximum Gasteiger partial charge on any atom is 0.419 e. The van der Waals surface area contributed by atoms with Crippen LogP contribution in [0.25, 0.3) is 0 Å². The summed E-state index contributed by atoms with van der Waals surface area (Å²) in [6, 6.07) is 12.5. The second-order valence-electron chi connectivity index (χ2n) is 6.84. The number of likely N-dealkylation sites (tertiary alicyclic amines) is 1. The Labute approximate surface area is 161 Å². The zero-order valence-corrected chi connectivity index (χ0v) is 15.3. The first-order valence-electron chi connectivity index (χ1n) is 9.16. The normalized spacial score (nSPS) is 17.0. The zero-order chi connectivity index (χ0) is 20.1. The quantitative estimate of drug-likeness (QED) is 0.812. The molecular weight excluding hydrogens is 371 g/mol. The Morgan fingerprint density at radius 3 is 2.46 bits per heavy atom. The molecule has 4 nitrogen and oxygen atoms in total. The highest BCUT2D eigenvalue weighted by Gasteiger charge is 2.35. The van der Waals surface area contributed by atoms with Gasteiger partial charge in [0.05, 0.1) is 18.7 Å². The summed E-state index contributed by atoms with van der Waals surface area (Å²) in [5.41, 5.74) is 1.01. The zero-order valence-electron chi connectivity index (χ0n) is 15.3. The second-order valence-corrected chi connectivity index (χ2v) is 6.84.